The van der Waals surface area contributed by atoms with Gasteiger partial charge in [-0.15, -0.1) is 0 Å². The number of aliphatic hydroxyl groups excluding tert-OH is 1. The minimum absolute atomic E-state index is 0.216. The zero-order valence-electron chi connectivity index (χ0n) is 7.21. The molecule has 3 heteroatoms. The molecule has 11 heavy (non-hydrogen) atoms. The van der Waals surface area contributed by atoms with E-state index >= 15 is 0 Å². The molecule has 0 bridgehead atoms. The second-order valence-electron chi connectivity index (χ2n) is 3.43. The van der Waals surface area contributed by atoms with Crippen LogP contribution in [-0.2, 0) is 4.74 Å². The van der Waals surface area contributed by atoms with Crippen LogP contribution in [0.15, 0.2) is 0 Å². The Morgan fingerprint density at radius 1 is 1.55 bits per heavy atom. The fourth-order valence-electron chi connectivity index (χ4n) is 1.09. The van der Waals surface area contributed by atoms with Crippen molar-refractivity contribution in [3.63, 3.8) is 0 Å². The van der Waals surface area contributed by atoms with Crippen molar-refractivity contribution < 1.29 is 9.84 Å². The van der Waals surface area contributed by atoms with Crippen LogP contribution in [0.1, 0.15) is 13.8 Å². The van der Waals surface area contributed by atoms with Crippen LogP contribution >= 0.6 is 0 Å². The van der Waals surface area contributed by atoms with Crippen molar-refractivity contribution >= 4 is 0 Å². The summed E-state index contributed by atoms with van der Waals surface area (Å²) in [5.74, 6) is 0.487. The van der Waals surface area contributed by atoms with E-state index < -0.39 is 0 Å². The van der Waals surface area contributed by atoms with Crippen LogP contribution in [0.4, 0.5) is 0 Å². The number of hydrogen-bond donors (Lipinski definition) is 2. The molecular formula is C8H17NO2. The third-order valence-electron chi connectivity index (χ3n) is 2.09. The molecule has 1 aliphatic heterocycles. The van der Waals surface area contributed by atoms with Gasteiger partial charge in [-0.2, -0.15) is 0 Å². The highest BCUT2D eigenvalue weighted by atomic mass is 16.5. The second-order valence-corrected chi connectivity index (χ2v) is 3.43. The molecule has 1 unspecified atom stereocenters. The largest absolute Gasteiger partial charge is 0.395 e. The van der Waals surface area contributed by atoms with Crippen molar-refractivity contribution in [2.75, 3.05) is 19.8 Å². The van der Waals surface area contributed by atoms with Gasteiger partial charge in [-0.1, -0.05) is 13.8 Å². The van der Waals surface area contributed by atoms with E-state index in [2.05, 4.69) is 19.2 Å². The Kier molecular flexibility index (Phi) is 3.30. The van der Waals surface area contributed by atoms with Crippen molar-refractivity contribution in [1.82, 2.24) is 5.32 Å². The first-order valence-electron chi connectivity index (χ1n) is 4.18. The molecule has 1 saturated heterocycles. The molecule has 0 aromatic rings. The maximum absolute atomic E-state index is 8.96. The van der Waals surface area contributed by atoms with E-state index in [4.69, 9.17) is 9.84 Å². The topological polar surface area (TPSA) is 41.5 Å². The van der Waals surface area contributed by atoms with Crippen LogP contribution in [0.25, 0.3) is 0 Å². The molecule has 3 nitrogen and oxygen atoms in total. The van der Waals surface area contributed by atoms with Crippen LogP contribution in [0.2, 0.25) is 0 Å². The fourth-order valence-corrected chi connectivity index (χ4v) is 1.09. The van der Waals surface area contributed by atoms with Crippen molar-refractivity contribution in [2.45, 2.75) is 25.9 Å². The molecule has 0 amide bonds. The van der Waals surface area contributed by atoms with Gasteiger partial charge in [0.2, 0.25) is 0 Å². The Balaban J connectivity index is 2.19. The Bertz CT molecular complexity index is 113. The summed E-state index contributed by atoms with van der Waals surface area (Å²) in [5.41, 5.74) is 0. The van der Waals surface area contributed by atoms with Crippen molar-refractivity contribution in [1.29, 1.82) is 0 Å². The van der Waals surface area contributed by atoms with Crippen LogP contribution < -0.4 is 5.32 Å². The van der Waals surface area contributed by atoms with Gasteiger partial charge in [-0.25, -0.2) is 0 Å². The van der Waals surface area contributed by atoms with Gasteiger partial charge in [0, 0.05) is 6.04 Å². The lowest BCUT2D eigenvalue weighted by molar-refractivity contribution is -0.0161. The van der Waals surface area contributed by atoms with E-state index in [-0.39, 0.29) is 12.6 Å². The van der Waals surface area contributed by atoms with Gasteiger partial charge in [0.1, 0.15) is 0 Å². The Morgan fingerprint density at radius 2 is 2.18 bits per heavy atom. The molecule has 1 fully saturated rings. The van der Waals surface area contributed by atoms with Crippen molar-refractivity contribution in [3.05, 3.63) is 0 Å². The summed E-state index contributed by atoms with van der Waals surface area (Å²) in [6.07, 6.45) is 0. The van der Waals surface area contributed by atoms with Gasteiger partial charge in [0.05, 0.1) is 25.9 Å². The Morgan fingerprint density at radius 3 is 2.45 bits per heavy atom. The predicted molar refractivity (Wildman–Crippen MR) is 43.5 cm³/mol. The molecule has 0 aromatic carbocycles. The molecular weight excluding hydrogens is 142 g/mol. The summed E-state index contributed by atoms with van der Waals surface area (Å²) in [4.78, 5) is 0. The van der Waals surface area contributed by atoms with E-state index in [9.17, 15) is 0 Å². The fraction of sp³-hybridized carbons (Fsp3) is 1.00. The normalized spacial score (nSPS) is 21.8. The third kappa shape index (κ3) is 2.43. The summed E-state index contributed by atoms with van der Waals surface area (Å²) in [6.45, 7) is 6.02. The molecule has 0 spiro atoms. The number of aliphatic hydroxyl groups is 1. The van der Waals surface area contributed by atoms with E-state index in [1.54, 1.807) is 0 Å². The van der Waals surface area contributed by atoms with Gasteiger partial charge in [-0.05, 0) is 5.92 Å². The summed E-state index contributed by atoms with van der Waals surface area (Å²) < 4.78 is 5.02. The predicted octanol–water partition coefficient (Wildman–Crippen LogP) is -0.00830. The quantitative estimate of drug-likeness (QED) is 0.606. The van der Waals surface area contributed by atoms with Crippen molar-refractivity contribution in [3.8, 4) is 0 Å². The molecule has 0 radical (unpaired) electrons. The first-order valence-corrected chi connectivity index (χ1v) is 4.18. The van der Waals surface area contributed by atoms with Gasteiger partial charge in [0.25, 0.3) is 0 Å². The van der Waals surface area contributed by atoms with Crippen LogP contribution in [-0.4, -0.2) is 37.0 Å². The highest BCUT2D eigenvalue weighted by molar-refractivity contribution is 4.79. The summed E-state index contributed by atoms with van der Waals surface area (Å²) in [7, 11) is 0. The van der Waals surface area contributed by atoms with Crippen LogP contribution in [0, 0.1) is 5.92 Å². The molecule has 1 atom stereocenters. The van der Waals surface area contributed by atoms with E-state index in [1.165, 1.54) is 0 Å². The lowest BCUT2D eigenvalue weighted by Gasteiger charge is -2.32. The smallest absolute Gasteiger partial charge is 0.0643 e. The van der Waals surface area contributed by atoms with Gasteiger partial charge in [0.15, 0.2) is 0 Å². The maximum Gasteiger partial charge on any atom is 0.0643 e. The Hall–Kier alpha value is -0.120. The van der Waals surface area contributed by atoms with Crippen LogP contribution in [0.3, 0.4) is 0 Å². The molecule has 1 aliphatic rings. The molecule has 66 valence electrons. The minimum atomic E-state index is 0.216. The van der Waals surface area contributed by atoms with Gasteiger partial charge in [-0.3, -0.25) is 0 Å². The minimum Gasteiger partial charge on any atom is -0.395 e. The van der Waals surface area contributed by atoms with E-state index in [0.29, 0.717) is 12.0 Å². The first-order chi connectivity index (χ1) is 5.24. The summed E-state index contributed by atoms with van der Waals surface area (Å²) in [6, 6.07) is 0.693. The van der Waals surface area contributed by atoms with E-state index in [0.717, 1.165) is 13.2 Å². The summed E-state index contributed by atoms with van der Waals surface area (Å²) >= 11 is 0. The molecule has 0 saturated carbocycles. The zero-order chi connectivity index (χ0) is 8.27. The van der Waals surface area contributed by atoms with E-state index in [1.807, 2.05) is 0 Å². The Labute approximate surface area is 67.7 Å². The highest BCUT2D eigenvalue weighted by Gasteiger charge is 2.22. The molecule has 0 aliphatic carbocycles. The van der Waals surface area contributed by atoms with Crippen molar-refractivity contribution in [2.24, 2.45) is 5.92 Å². The van der Waals surface area contributed by atoms with Gasteiger partial charge >= 0.3 is 0 Å². The first kappa shape index (κ1) is 8.97. The lowest BCUT2D eigenvalue weighted by Crippen LogP contribution is -2.53. The number of hydrogen-bond acceptors (Lipinski definition) is 3. The highest BCUT2D eigenvalue weighted by Crippen LogP contribution is 2.06. The molecule has 2 N–H and O–H groups in total. The third-order valence-corrected chi connectivity index (χ3v) is 2.09. The summed E-state index contributed by atoms with van der Waals surface area (Å²) in [5, 5.41) is 12.3. The number of ether oxygens (including phenoxy) is 1. The molecule has 1 heterocycles. The zero-order valence-corrected chi connectivity index (χ0v) is 7.21. The lowest BCUT2D eigenvalue weighted by atomic mass is 10.0. The second kappa shape index (κ2) is 4.04. The molecule has 1 rings (SSSR count). The average Bonchev–Trinajstić information content (AvgIpc) is 1.85. The maximum atomic E-state index is 8.96. The number of rotatable bonds is 4. The number of nitrogens with one attached hydrogen (secondary N) is 1. The molecule has 0 aromatic heterocycles. The van der Waals surface area contributed by atoms with Gasteiger partial charge < -0.3 is 15.2 Å². The standard InChI is InChI=1S/C8H17NO2/c1-6(2)8(3-10)9-7-4-11-5-7/h6-10H,3-5H2,1-2H3. The average molecular weight is 159 g/mol. The van der Waals surface area contributed by atoms with Crippen LogP contribution in [0.5, 0.6) is 0 Å². The monoisotopic (exact) mass is 159 g/mol. The SMILES string of the molecule is CC(C)C(CO)NC1COC1.